The number of hydrogen-bond donors (Lipinski definition) is 3. The standard InChI is InChI=1S/C16H17N3O4/c1-8-12(16(22)23-3)9(2)18-13(8)15(21)19-11-7-5-4-6-10(11)14(17)20/h4-7,18H,1-3H3,(H2,17,20)(H,19,21). The molecular weight excluding hydrogens is 298 g/mol. The molecule has 0 unspecified atom stereocenters. The third kappa shape index (κ3) is 3.08. The summed E-state index contributed by atoms with van der Waals surface area (Å²) in [6, 6.07) is 6.42. The zero-order valence-corrected chi connectivity index (χ0v) is 13.0. The summed E-state index contributed by atoms with van der Waals surface area (Å²) in [6.07, 6.45) is 0. The lowest BCUT2D eigenvalue weighted by Gasteiger charge is -2.08. The van der Waals surface area contributed by atoms with E-state index < -0.39 is 17.8 Å². The van der Waals surface area contributed by atoms with Crippen LogP contribution in [0.4, 0.5) is 5.69 Å². The van der Waals surface area contributed by atoms with Gasteiger partial charge >= 0.3 is 5.97 Å². The molecule has 0 bridgehead atoms. The maximum atomic E-state index is 12.4. The van der Waals surface area contributed by atoms with Gasteiger partial charge in [0.15, 0.2) is 0 Å². The molecule has 23 heavy (non-hydrogen) atoms. The van der Waals surface area contributed by atoms with Crippen LogP contribution in [-0.2, 0) is 4.74 Å². The number of ether oxygens (including phenoxy) is 1. The van der Waals surface area contributed by atoms with E-state index >= 15 is 0 Å². The number of nitrogens with one attached hydrogen (secondary N) is 2. The van der Waals surface area contributed by atoms with Gasteiger partial charge in [0, 0.05) is 5.69 Å². The molecule has 0 atom stereocenters. The van der Waals surface area contributed by atoms with Gasteiger partial charge in [-0.1, -0.05) is 12.1 Å². The van der Waals surface area contributed by atoms with E-state index in [0.29, 0.717) is 22.5 Å². The number of anilines is 1. The highest BCUT2D eigenvalue weighted by molar-refractivity contribution is 6.10. The van der Waals surface area contributed by atoms with Crippen LogP contribution in [0.25, 0.3) is 0 Å². The molecule has 2 amide bonds. The number of carbonyl (C=O) groups excluding carboxylic acids is 3. The van der Waals surface area contributed by atoms with Gasteiger partial charge in [-0.05, 0) is 31.5 Å². The summed E-state index contributed by atoms with van der Waals surface area (Å²) >= 11 is 0. The molecule has 0 aliphatic carbocycles. The van der Waals surface area contributed by atoms with Gasteiger partial charge in [-0.2, -0.15) is 0 Å². The van der Waals surface area contributed by atoms with Crippen molar-refractivity contribution >= 4 is 23.5 Å². The second-order valence-electron chi connectivity index (χ2n) is 4.98. The Morgan fingerprint density at radius 1 is 1.17 bits per heavy atom. The molecule has 1 heterocycles. The number of amides is 2. The van der Waals surface area contributed by atoms with Crippen LogP contribution in [0.15, 0.2) is 24.3 Å². The quantitative estimate of drug-likeness (QED) is 0.746. The molecule has 1 aromatic carbocycles. The van der Waals surface area contributed by atoms with Gasteiger partial charge in [0.25, 0.3) is 11.8 Å². The molecule has 4 N–H and O–H groups in total. The van der Waals surface area contributed by atoms with Gasteiger partial charge in [-0.25, -0.2) is 4.79 Å². The second-order valence-corrected chi connectivity index (χ2v) is 4.98. The van der Waals surface area contributed by atoms with E-state index in [-0.39, 0.29) is 11.3 Å². The number of esters is 1. The van der Waals surface area contributed by atoms with Crippen molar-refractivity contribution in [1.82, 2.24) is 4.98 Å². The van der Waals surface area contributed by atoms with Gasteiger partial charge in [0.2, 0.25) is 0 Å². The molecule has 2 aromatic rings. The lowest BCUT2D eigenvalue weighted by molar-refractivity contribution is 0.0599. The number of aromatic amines is 1. The molecule has 7 nitrogen and oxygen atoms in total. The Hall–Kier alpha value is -3.09. The van der Waals surface area contributed by atoms with Crippen LogP contribution >= 0.6 is 0 Å². The molecule has 0 radical (unpaired) electrons. The molecular formula is C16H17N3O4. The fourth-order valence-corrected chi connectivity index (χ4v) is 2.38. The Kier molecular flexibility index (Phi) is 4.49. The van der Waals surface area contributed by atoms with E-state index in [9.17, 15) is 14.4 Å². The minimum absolute atomic E-state index is 0.204. The largest absolute Gasteiger partial charge is 0.465 e. The normalized spacial score (nSPS) is 10.2. The van der Waals surface area contributed by atoms with Crippen molar-refractivity contribution in [3.05, 3.63) is 52.3 Å². The van der Waals surface area contributed by atoms with Gasteiger partial charge < -0.3 is 20.8 Å². The number of primary amides is 1. The third-order valence-corrected chi connectivity index (χ3v) is 3.49. The molecule has 0 saturated heterocycles. The number of para-hydroxylation sites is 1. The van der Waals surface area contributed by atoms with E-state index in [4.69, 9.17) is 10.5 Å². The van der Waals surface area contributed by atoms with E-state index in [0.717, 1.165) is 0 Å². The van der Waals surface area contributed by atoms with Gasteiger partial charge in [-0.15, -0.1) is 0 Å². The van der Waals surface area contributed by atoms with E-state index in [1.165, 1.54) is 13.2 Å². The van der Waals surface area contributed by atoms with Crippen molar-refractivity contribution in [2.75, 3.05) is 12.4 Å². The number of H-pyrrole nitrogens is 1. The van der Waals surface area contributed by atoms with Crippen molar-refractivity contribution in [2.24, 2.45) is 5.73 Å². The summed E-state index contributed by atoms with van der Waals surface area (Å²) in [5.41, 5.74) is 7.34. The van der Waals surface area contributed by atoms with Gasteiger partial charge in [0.1, 0.15) is 5.69 Å². The molecule has 2 rings (SSSR count). The lowest BCUT2D eigenvalue weighted by atomic mass is 10.1. The van der Waals surface area contributed by atoms with Crippen molar-refractivity contribution in [3.8, 4) is 0 Å². The monoisotopic (exact) mass is 315 g/mol. The van der Waals surface area contributed by atoms with Crippen LogP contribution in [0.5, 0.6) is 0 Å². The van der Waals surface area contributed by atoms with E-state index in [2.05, 4.69) is 10.3 Å². The molecule has 0 spiro atoms. The number of nitrogens with two attached hydrogens (primary N) is 1. The summed E-state index contributed by atoms with van der Waals surface area (Å²) in [5, 5.41) is 2.62. The molecule has 7 heteroatoms. The average Bonchev–Trinajstić information content (AvgIpc) is 2.82. The number of carbonyl (C=O) groups is 3. The van der Waals surface area contributed by atoms with E-state index in [1.54, 1.807) is 32.0 Å². The van der Waals surface area contributed by atoms with Crippen LogP contribution in [0.1, 0.15) is 42.5 Å². The number of benzene rings is 1. The highest BCUT2D eigenvalue weighted by Crippen LogP contribution is 2.21. The topological polar surface area (TPSA) is 114 Å². The predicted molar refractivity (Wildman–Crippen MR) is 84.5 cm³/mol. The van der Waals surface area contributed by atoms with Crippen LogP contribution in [-0.4, -0.2) is 29.9 Å². The summed E-state index contributed by atoms with van der Waals surface area (Å²) in [6.45, 7) is 3.32. The molecule has 0 aliphatic rings. The first-order valence-electron chi connectivity index (χ1n) is 6.84. The first kappa shape index (κ1) is 16.3. The first-order chi connectivity index (χ1) is 10.9. The van der Waals surface area contributed by atoms with Crippen molar-refractivity contribution in [2.45, 2.75) is 13.8 Å². The average molecular weight is 315 g/mol. The van der Waals surface area contributed by atoms with E-state index in [1.807, 2.05) is 0 Å². The summed E-state index contributed by atoms with van der Waals surface area (Å²) in [4.78, 5) is 38.5. The van der Waals surface area contributed by atoms with Crippen molar-refractivity contribution in [1.29, 1.82) is 0 Å². The maximum absolute atomic E-state index is 12.4. The maximum Gasteiger partial charge on any atom is 0.339 e. The fraction of sp³-hybridized carbons (Fsp3) is 0.188. The molecule has 120 valence electrons. The Morgan fingerprint density at radius 2 is 1.83 bits per heavy atom. The Labute approximate surface area is 132 Å². The second kappa shape index (κ2) is 6.35. The zero-order chi connectivity index (χ0) is 17.1. The Balaban J connectivity index is 2.36. The van der Waals surface area contributed by atoms with Crippen LogP contribution < -0.4 is 11.1 Å². The number of aromatic nitrogens is 1. The SMILES string of the molecule is COC(=O)c1c(C)[nH]c(C(=O)Nc2ccccc2C(N)=O)c1C. The first-order valence-corrected chi connectivity index (χ1v) is 6.84. The predicted octanol–water partition coefficient (Wildman–Crippen LogP) is 1.77. The lowest BCUT2D eigenvalue weighted by Crippen LogP contribution is -2.19. The van der Waals surface area contributed by atoms with Crippen LogP contribution in [0, 0.1) is 13.8 Å². The van der Waals surface area contributed by atoms with Crippen molar-refractivity contribution in [3.63, 3.8) is 0 Å². The minimum atomic E-state index is -0.643. The molecule has 0 saturated carbocycles. The molecule has 1 aromatic heterocycles. The van der Waals surface area contributed by atoms with Crippen molar-refractivity contribution < 1.29 is 19.1 Å². The highest BCUT2D eigenvalue weighted by atomic mass is 16.5. The minimum Gasteiger partial charge on any atom is -0.465 e. The van der Waals surface area contributed by atoms with Crippen LogP contribution in [0.2, 0.25) is 0 Å². The Morgan fingerprint density at radius 3 is 2.43 bits per heavy atom. The van der Waals surface area contributed by atoms with Crippen LogP contribution in [0.3, 0.4) is 0 Å². The molecule has 0 aliphatic heterocycles. The summed E-state index contributed by atoms with van der Waals surface area (Å²) in [5.74, 6) is -1.64. The number of aryl methyl sites for hydroxylation is 1. The zero-order valence-electron chi connectivity index (χ0n) is 13.0. The highest BCUT2D eigenvalue weighted by Gasteiger charge is 2.23. The molecule has 0 fully saturated rings. The number of rotatable bonds is 4. The third-order valence-electron chi connectivity index (χ3n) is 3.49. The van der Waals surface area contributed by atoms with Gasteiger partial charge in [-0.3, -0.25) is 9.59 Å². The number of hydrogen-bond acceptors (Lipinski definition) is 4. The fourth-order valence-electron chi connectivity index (χ4n) is 2.38. The number of methoxy groups -OCH3 is 1. The van der Waals surface area contributed by atoms with Gasteiger partial charge in [0.05, 0.1) is 23.9 Å². The summed E-state index contributed by atoms with van der Waals surface area (Å²) in [7, 11) is 1.27. The smallest absolute Gasteiger partial charge is 0.339 e. The Bertz CT molecular complexity index is 793. The summed E-state index contributed by atoms with van der Waals surface area (Å²) < 4.78 is 4.71.